The number of hydrogen-bond donors (Lipinski definition) is 1. The predicted octanol–water partition coefficient (Wildman–Crippen LogP) is 4.74. The third-order valence-electron chi connectivity index (χ3n) is 5.59. The number of thiocarbonyl (C=S) groups is 1. The smallest absolute Gasteiger partial charge is 0.258 e. The molecule has 8 heteroatoms. The summed E-state index contributed by atoms with van der Waals surface area (Å²) < 4.78 is 16.7. The average molecular weight is 451 g/mol. The summed E-state index contributed by atoms with van der Waals surface area (Å²) in [5.74, 6) is 2.30. The second-order valence-corrected chi connectivity index (χ2v) is 7.92. The molecule has 1 unspecified atom stereocenters. The number of aromatic nitrogens is 2. The molecule has 7 nitrogen and oxygen atoms in total. The molecule has 2 heterocycles. The maximum absolute atomic E-state index is 5.77. The number of hydrogen-bond acceptors (Lipinski definition) is 6. The SMILES string of the molecule is CCN1C(=S)NC(c2ccc(OC)c(OC)c2)C(c2nc(-c3cccc(C)c3)no2)=C1C. The van der Waals surface area contributed by atoms with Crippen LogP contribution >= 0.6 is 12.2 Å². The van der Waals surface area contributed by atoms with Gasteiger partial charge in [-0.25, -0.2) is 0 Å². The molecular formula is C24H26N4O3S. The molecule has 0 radical (unpaired) electrons. The molecule has 0 saturated heterocycles. The molecule has 1 atom stereocenters. The van der Waals surface area contributed by atoms with E-state index >= 15 is 0 Å². The van der Waals surface area contributed by atoms with Crippen molar-refractivity contribution in [2.45, 2.75) is 26.8 Å². The lowest BCUT2D eigenvalue weighted by Gasteiger charge is -2.36. The van der Waals surface area contributed by atoms with E-state index in [-0.39, 0.29) is 6.04 Å². The Hall–Kier alpha value is -3.39. The molecule has 1 aliphatic heterocycles. The van der Waals surface area contributed by atoms with Crippen LogP contribution in [0.15, 0.2) is 52.7 Å². The molecule has 1 N–H and O–H groups in total. The van der Waals surface area contributed by atoms with Gasteiger partial charge in [0.1, 0.15) is 0 Å². The van der Waals surface area contributed by atoms with Crippen LogP contribution in [0.2, 0.25) is 0 Å². The summed E-state index contributed by atoms with van der Waals surface area (Å²) in [5, 5.41) is 8.33. The van der Waals surface area contributed by atoms with E-state index in [2.05, 4.69) is 17.4 Å². The minimum atomic E-state index is -0.282. The van der Waals surface area contributed by atoms with E-state index in [9.17, 15) is 0 Å². The summed E-state index contributed by atoms with van der Waals surface area (Å²) in [6, 6.07) is 13.5. The Balaban J connectivity index is 1.83. The molecular weight excluding hydrogens is 424 g/mol. The molecule has 0 bridgehead atoms. The quantitative estimate of drug-likeness (QED) is 0.540. The van der Waals surface area contributed by atoms with Crippen molar-refractivity contribution in [3.05, 3.63) is 65.2 Å². The minimum absolute atomic E-state index is 0.282. The molecule has 0 spiro atoms. The molecule has 4 rings (SSSR count). The number of methoxy groups -OCH3 is 2. The Labute approximate surface area is 193 Å². The van der Waals surface area contributed by atoms with E-state index in [0.717, 1.165) is 34.5 Å². The van der Waals surface area contributed by atoms with E-state index in [4.69, 9.17) is 31.2 Å². The van der Waals surface area contributed by atoms with E-state index in [0.29, 0.717) is 28.3 Å². The zero-order chi connectivity index (χ0) is 22.8. The Morgan fingerprint density at radius 3 is 2.56 bits per heavy atom. The molecule has 2 aromatic carbocycles. The summed E-state index contributed by atoms with van der Waals surface area (Å²) >= 11 is 5.65. The second kappa shape index (κ2) is 9.00. The van der Waals surface area contributed by atoms with E-state index in [1.807, 2.05) is 61.2 Å². The van der Waals surface area contributed by atoms with Crippen molar-refractivity contribution in [2.75, 3.05) is 20.8 Å². The first-order valence-electron chi connectivity index (χ1n) is 10.4. The fraction of sp³-hybridized carbons (Fsp3) is 0.292. The van der Waals surface area contributed by atoms with Gasteiger partial charge in [-0.3, -0.25) is 0 Å². The van der Waals surface area contributed by atoms with Crippen molar-refractivity contribution >= 4 is 22.9 Å². The third kappa shape index (κ3) is 3.93. The Kier molecular flexibility index (Phi) is 6.14. The van der Waals surface area contributed by atoms with Gasteiger partial charge in [0.2, 0.25) is 5.82 Å². The van der Waals surface area contributed by atoms with Crippen molar-refractivity contribution in [3.8, 4) is 22.9 Å². The molecule has 166 valence electrons. The van der Waals surface area contributed by atoms with Crippen molar-refractivity contribution in [3.63, 3.8) is 0 Å². The molecule has 0 aliphatic carbocycles. The van der Waals surface area contributed by atoms with Crippen LogP contribution in [0.25, 0.3) is 17.0 Å². The largest absolute Gasteiger partial charge is 0.493 e. The Morgan fingerprint density at radius 2 is 1.88 bits per heavy atom. The monoisotopic (exact) mass is 450 g/mol. The summed E-state index contributed by atoms with van der Waals surface area (Å²) in [6.45, 7) is 6.84. The van der Waals surface area contributed by atoms with E-state index in [1.165, 1.54) is 0 Å². The highest BCUT2D eigenvalue weighted by Gasteiger charge is 2.34. The Bertz CT molecular complexity index is 1190. The van der Waals surface area contributed by atoms with Crippen molar-refractivity contribution < 1.29 is 14.0 Å². The van der Waals surface area contributed by atoms with Crippen molar-refractivity contribution in [2.24, 2.45) is 0 Å². The molecule has 32 heavy (non-hydrogen) atoms. The van der Waals surface area contributed by atoms with Gasteiger partial charge < -0.3 is 24.2 Å². The van der Waals surface area contributed by atoms with Gasteiger partial charge in [0.05, 0.1) is 25.8 Å². The van der Waals surface area contributed by atoms with Gasteiger partial charge in [0.15, 0.2) is 16.6 Å². The lowest BCUT2D eigenvalue weighted by molar-refractivity contribution is 0.354. The summed E-state index contributed by atoms with van der Waals surface area (Å²) in [7, 11) is 3.24. The van der Waals surface area contributed by atoms with Gasteiger partial charge in [-0.05, 0) is 56.8 Å². The van der Waals surface area contributed by atoms with E-state index < -0.39 is 0 Å². The first-order valence-corrected chi connectivity index (χ1v) is 10.8. The number of ether oxygens (including phenoxy) is 2. The topological polar surface area (TPSA) is 72.7 Å². The molecule has 0 fully saturated rings. The highest BCUT2D eigenvalue weighted by Crippen LogP contribution is 2.40. The van der Waals surface area contributed by atoms with Crippen LogP contribution in [0.4, 0.5) is 0 Å². The van der Waals surface area contributed by atoms with Crippen molar-refractivity contribution in [1.82, 2.24) is 20.4 Å². The highest BCUT2D eigenvalue weighted by atomic mass is 32.1. The summed E-state index contributed by atoms with van der Waals surface area (Å²) in [6.07, 6.45) is 0. The molecule has 0 amide bonds. The van der Waals surface area contributed by atoms with Gasteiger partial charge in [-0.15, -0.1) is 0 Å². The van der Waals surface area contributed by atoms with Gasteiger partial charge >= 0.3 is 0 Å². The number of allylic oxidation sites excluding steroid dienone is 1. The van der Waals surface area contributed by atoms with Crippen LogP contribution in [0.5, 0.6) is 11.5 Å². The van der Waals surface area contributed by atoms with Crippen molar-refractivity contribution in [1.29, 1.82) is 0 Å². The number of aryl methyl sites for hydroxylation is 1. The maximum atomic E-state index is 5.77. The van der Waals surface area contributed by atoms with Crippen LogP contribution in [0.3, 0.4) is 0 Å². The number of nitrogens with zero attached hydrogens (tertiary/aromatic N) is 3. The van der Waals surface area contributed by atoms with Crippen LogP contribution in [0, 0.1) is 6.92 Å². The zero-order valence-electron chi connectivity index (χ0n) is 18.8. The fourth-order valence-corrected chi connectivity index (χ4v) is 4.34. The lowest BCUT2D eigenvalue weighted by Crippen LogP contribution is -2.45. The maximum Gasteiger partial charge on any atom is 0.258 e. The van der Waals surface area contributed by atoms with Gasteiger partial charge in [0.25, 0.3) is 5.89 Å². The fourth-order valence-electron chi connectivity index (χ4n) is 3.96. The van der Waals surface area contributed by atoms with Crippen LogP contribution in [-0.4, -0.2) is 40.9 Å². The summed E-state index contributed by atoms with van der Waals surface area (Å²) in [5.41, 5.74) is 4.84. The third-order valence-corrected chi connectivity index (χ3v) is 5.92. The zero-order valence-corrected chi connectivity index (χ0v) is 19.6. The van der Waals surface area contributed by atoms with Gasteiger partial charge in [-0.2, -0.15) is 4.98 Å². The number of rotatable bonds is 6. The number of benzene rings is 2. The van der Waals surface area contributed by atoms with Crippen LogP contribution in [-0.2, 0) is 0 Å². The summed E-state index contributed by atoms with van der Waals surface area (Å²) in [4.78, 5) is 6.77. The second-order valence-electron chi connectivity index (χ2n) is 7.53. The molecule has 3 aromatic rings. The van der Waals surface area contributed by atoms with Crippen LogP contribution in [0.1, 0.15) is 36.9 Å². The Morgan fingerprint density at radius 1 is 1.09 bits per heavy atom. The van der Waals surface area contributed by atoms with E-state index in [1.54, 1.807) is 14.2 Å². The molecule has 0 saturated carbocycles. The average Bonchev–Trinajstić information content (AvgIpc) is 3.28. The normalized spacial score (nSPS) is 16.2. The predicted molar refractivity (Wildman–Crippen MR) is 127 cm³/mol. The molecule has 1 aromatic heterocycles. The minimum Gasteiger partial charge on any atom is -0.493 e. The first kappa shape index (κ1) is 21.8. The standard InChI is InChI=1S/C24H26N4O3S/c1-6-28-15(3)20(23-26-22(27-31-23)17-9-7-8-14(2)12-17)21(25-24(28)32)16-10-11-18(29-4)19(13-16)30-5/h7-13,21H,6H2,1-5H3,(H,25,32). The van der Waals surface area contributed by atoms with Crippen LogP contribution < -0.4 is 14.8 Å². The first-order chi connectivity index (χ1) is 15.5. The van der Waals surface area contributed by atoms with Gasteiger partial charge in [-0.1, -0.05) is 35.0 Å². The highest BCUT2D eigenvalue weighted by molar-refractivity contribution is 7.80. The van der Waals surface area contributed by atoms with Gasteiger partial charge in [0, 0.05) is 17.8 Å². The lowest BCUT2D eigenvalue weighted by atomic mass is 9.94. The number of nitrogens with one attached hydrogen (secondary N) is 1. The molecule has 1 aliphatic rings.